The van der Waals surface area contributed by atoms with Crippen LogP contribution in [0.2, 0.25) is 0 Å². The van der Waals surface area contributed by atoms with Gasteiger partial charge in [-0.05, 0) is 56.5 Å². The Balaban J connectivity index is 1.75. The van der Waals surface area contributed by atoms with E-state index in [2.05, 4.69) is 16.0 Å². The summed E-state index contributed by atoms with van der Waals surface area (Å²) in [5, 5.41) is 9.18. The highest BCUT2D eigenvalue weighted by atomic mass is 32.1. The fourth-order valence-corrected chi connectivity index (χ4v) is 4.15. The molecule has 2 aromatic rings. The Bertz CT molecular complexity index is 980. The number of anilines is 3. The van der Waals surface area contributed by atoms with Gasteiger partial charge in [0.15, 0.2) is 0 Å². The van der Waals surface area contributed by atoms with Gasteiger partial charge in [0.05, 0.1) is 30.5 Å². The number of fused-ring (bicyclic) bond motifs is 1. The van der Waals surface area contributed by atoms with Crippen LogP contribution in [0.25, 0.3) is 0 Å². The maximum Gasteiger partial charge on any atom is 0.341 e. The third kappa shape index (κ3) is 3.73. The van der Waals surface area contributed by atoms with Crippen LogP contribution in [0.4, 0.5) is 16.4 Å². The minimum Gasteiger partial charge on any atom is -0.465 e. The van der Waals surface area contributed by atoms with E-state index in [1.807, 2.05) is 39.8 Å². The van der Waals surface area contributed by atoms with Gasteiger partial charge in [0, 0.05) is 4.88 Å². The number of amides is 2. The number of thiophene rings is 1. The second-order valence-corrected chi connectivity index (χ2v) is 8.12. The lowest BCUT2D eigenvalue weighted by atomic mass is 10.0. The van der Waals surface area contributed by atoms with Gasteiger partial charge in [-0.15, -0.1) is 11.3 Å². The van der Waals surface area contributed by atoms with Crippen LogP contribution in [-0.2, 0) is 14.3 Å². The molecule has 0 bridgehead atoms. The minimum atomic E-state index is -0.696. The number of methoxy groups -OCH3 is 1. The molecule has 148 valence electrons. The van der Waals surface area contributed by atoms with Crippen molar-refractivity contribution < 1.29 is 19.1 Å². The molecule has 8 heteroatoms. The molecule has 1 aliphatic heterocycles. The molecule has 7 nitrogen and oxygen atoms in total. The van der Waals surface area contributed by atoms with Crippen LogP contribution in [-0.4, -0.2) is 30.9 Å². The summed E-state index contributed by atoms with van der Waals surface area (Å²) in [7, 11) is 1.30. The molecule has 1 aromatic heterocycles. The number of carbonyl (C=O) groups excluding carboxylic acids is 3. The molecule has 1 atom stereocenters. The topological polar surface area (TPSA) is 96.5 Å². The molecule has 2 amide bonds. The Morgan fingerprint density at radius 1 is 1.14 bits per heavy atom. The summed E-state index contributed by atoms with van der Waals surface area (Å²) >= 11 is 1.31. The zero-order valence-corrected chi connectivity index (χ0v) is 17.3. The summed E-state index contributed by atoms with van der Waals surface area (Å²) in [6.45, 7) is 7.65. The zero-order chi connectivity index (χ0) is 20.6. The van der Waals surface area contributed by atoms with Gasteiger partial charge in [0.25, 0.3) is 0 Å². The van der Waals surface area contributed by atoms with E-state index in [4.69, 9.17) is 4.74 Å². The average Bonchev–Trinajstić information content (AvgIpc) is 2.90. The minimum absolute atomic E-state index is 0.0607. The molecule has 1 aromatic carbocycles. The van der Waals surface area contributed by atoms with Crippen molar-refractivity contribution in [1.29, 1.82) is 0 Å². The van der Waals surface area contributed by atoms with Gasteiger partial charge in [-0.3, -0.25) is 9.59 Å². The maximum absolute atomic E-state index is 12.6. The SMILES string of the molecule is COC(=O)c1c(NC(=O)C[C@H]2Nc3cc(C)c(C)cc3NC2=O)sc(C)c1C. The van der Waals surface area contributed by atoms with Crippen molar-refractivity contribution in [2.45, 2.75) is 40.2 Å². The molecule has 0 fully saturated rings. The first-order chi connectivity index (χ1) is 13.2. The maximum atomic E-state index is 12.6. The van der Waals surface area contributed by atoms with E-state index < -0.39 is 12.0 Å². The fourth-order valence-electron chi connectivity index (χ4n) is 3.08. The van der Waals surface area contributed by atoms with Crippen LogP contribution < -0.4 is 16.0 Å². The predicted molar refractivity (Wildman–Crippen MR) is 110 cm³/mol. The lowest BCUT2D eigenvalue weighted by molar-refractivity contribution is -0.122. The lowest BCUT2D eigenvalue weighted by Crippen LogP contribution is -2.41. The average molecular weight is 401 g/mol. The van der Waals surface area contributed by atoms with Crippen molar-refractivity contribution in [2.75, 3.05) is 23.1 Å². The van der Waals surface area contributed by atoms with Crippen molar-refractivity contribution in [1.82, 2.24) is 0 Å². The number of aryl methyl sites for hydroxylation is 3. The van der Waals surface area contributed by atoms with Gasteiger partial charge in [-0.25, -0.2) is 4.79 Å². The number of ether oxygens (including phenoxy) is 1. The summed E-state index contributed by atoms with van der Waals surface area (Å²) in [6.07, 6.45) is -0.0607. The van der Waals surface area contributed by atoms with Crippen LogP contribution in [0.15, 0.2) is 12.1 Å². The number of hydrogen-bond acceptors (Lipinski definition) is 6. The Labute approximate surface area is 167 Å². The second kappa shape index (κ2) is 7.63. The molecular formula is C20H23N3O4S. The third-order valence-corrected chi connectivity index (χ3v) is 6.08. The van der Waals surface area contributed by atoms with Crippen molar-refractivity contribution >= 4 is 45.5 Å². The number of rotatable bonds is 4. The highest BCUT2D eigenvalue weighted by Crippen LogP contribution is 2.34. The van der Waals surface area contributed by atoms with E-state index in [-0.39, 0.29) is 18.2 Å². The number of carbonyl (C=O) groups is 3. The summed E-state index contributed by atoms with van der Waals surface area (Å²) in [5.74, 6) is -1.12. The summed E-state index contributed by atoms with van der Waals surface area (Å²) in [6, 6.07) is 3.17. The van der Waals surface area contributed by atoms with Crippen LogP contribution in [0.5, 0.6) is 0 Å². The number of esters is 1. The normalized spacial score (nSPS) is 15.3. The molecule has 28 heavy (non-hydrogen) atoms. The summed E-state index contributed by atoms with van der Waals surface area (Å²) in [5.41, 5.74) is 4.81. The fraction of sp³-hybridized carbons (Fsp3) is 0.350. The van der Waals surface area contributed by atoms with Crippen LogP contribution >= 0.6 is 11.3 Å². The third-order valence-electron chi connectivity index (χ3n) is 4.96. The van der Waals surface area contributed by atoms with Crippen LogP contribution in [0, 0.1) is 27.7 Å². The van der Waals surface area contributed by atoms with Crippen molar-refractivity contribution in [3.8, 4) is 0 Å². The Morgan fingerprint density at radius 2 is 1.79 bits per heavy atom. The van der Waals surface area contributed by atoms with Crippen LogP contribution in [0.1, 0.15) is 38.3 Å². The van der Waals surface area contributed by atoms with Crippen molar-refractivity contribution in [3.63, 3.8) is 0 Å². The monoisotopic (exact) mass is 401 g/mol. The highest BCUT2D eigenvalue weighted by Gasteiger charge is 2.29. The Kier molecular flexibility index (Phi) is 5.42. The second-order valence-electron chi connectivity index (χ2n) is 6.90. The standard InChI is InChI=1S/C20H23N3O4S/c1-9-6-13-14(7-10(9)2)22-18(25)15(21-13)8-16(24)23-19-17(20(26)27-5)11(3)12(4)28-19/h6-7,15,21H,8H2,1-5H3,(H,22,25)(H,23,24)/t15-/m1/s1. The molecule has 0 spiro atoms. The number of hydrogen-bond donors (Lipinski definition) is 3. The molecule has 2 heterocycles. The smallest absolute Gasteiger partial charge is 0.341 e. The van der Waals surface area contributed by atoms with Gasteiger partial charge in [0.2, 0.25) is 11.8 Å². The molecule has 3 rings (SSSR count). The summed E-state index contributed by atoms with van der Waals surface area (Å²) in [4.78, 5) is 37.9. The highest BCUT2D eigenvalue weighted by molar-refractivity contribution is 7.16. The molecule has 3 N–H and O–H groups in total. The predicted octanol–water partition coefficient (Wildman–Crippen LogP) is 3.53. The van der Waals surface area contributed by atoms with E-state index in [1.165, 1.54) is 18.4 Å². The Morgan fingerprint density at radius 3 is 2.43 bits per heavy atom. The number of nitrogens with one attached hydrogen (secondary N) is 3. The molecule has 1 aliphatic rings. The largest absolute Gasteiger partial charge is 0.465 e. The summed E-state index contributed by atoms with van der Waals surface area (Å²) < 4.78 is 4.82. The first-order valence-corrected chi connectivity index (χ1v) is 9.69. The van der Waals surface area contributed by atoms with Gasteiger partial charge < -0.3 is 20.7 Å². The number of benzene rings is 1. The Hall–Kier alpha value is -2.87. The van der Waals surface area contributed by atoms with Gasteiger partial charge in [0.1, 0.15) is 11.0 Å². The lowest BCUT2D eigenvalue weighted by Gasteiger charge is -2.27. The van der Waals surface area contributed by atoms with E-state index >= 15 is 0 Å². The first-order valence-electron chi connectivity index (χ1n) is 8.88. The zero-order valence-electron chi connectivity index (χ0n) is 16.5. The van der Waals surface area contributed by atoms with E-state index in [9.17, 15) is 14.4 Å². The molecular weight excluding hydrogens is 378 g/mol. The van der Waals surface area contributed by atoms with E-state index in [0.29, 0.717) is 16.3 Å². The molecule has 0 unspecified atom stereocenters. The van der Waals surface area contributed by atoms with Crippen LogP contribution in [0.3, 0.4) is 0 Å². The first kappa shape index (κ1) is 19.9. The van der Waals surface area contributed by atoms with E-state index in [1.54, 1.807) is 0 Å². The van der Waals surface area contributed by atoms with Crippen molar-refractivity contribution in [3.05, 3.63) is 39.3 Å². The molecule has 0 saturated heterocycles. The molecule has 0 saturated carbocycles. The van der Waals surface area contributed by atoms with E-state index in [0.717, 1.165) is 27.3 Å². The van der Waals surface area contributed by atoms with Crippen molar-refractivity contribution in [2.24, 2.45) is 0 Å². The molecule has 0 aliphatic carbocycles. The van der Waals surface area contributed by atoms with Gasteiger partial charge in [-0.2, -0.15) is 0 Å². The quantitative estimate of drug-likeness (QED) is 0.681. The van der Waals surface area contributed by atoms with Gasteiger partial charge in [-0.1, -0.05) is 0 Å². The molecule has 0 radical (unpaired) electrons. The van der Waals surface area contributed by atoms with Gasteiger partial charge >= 0.3 is 5.97 Å².